The molecule has 0 fully saturated rings. The third-order valence-corrected chi connectivity index (χ3v) is 4.20. The SMILES string of the molecule is CCc1ccsc1C(=O)NCC(Br)CC(C)C. The van der Waals surface area contributed by atoms with Gasteiger partial charge in [0.15, 0.2) is 0 Å². The van der Waals surface area contributed by atoms with Gasteiger partial charge in [0, 0.05) is 11.4 Å². The maximum Gasteiger partial charge on any atom is 0.261 e. The molecule has 0 saturated heterocycles. The number of thiophene rings is 1. The lowest BCUT2D eigenvalue weighted by Gasteiger charge is -2.13. The zero-order chi connectivity index (χ0) is 12.8. The fourth-order valence-electron chi connectivity index (χ4n) is 1.69. The number of amides is 1. The Morgan fingerprint density at radius 3 is 2.82 bits per heavy atom. The standard InChI is InChI=1S/C13H20BrNOS/c1-4-10-5-6-17-12(10)13(16)15-8-11(14)7-9(2)3/h5-6,9,11H,4,7-8H2,1-3H3,(H,15,16). The average molecular weight is 318 g/mol. The van der Waals surface area contributed by atoms with Crippen LogP contribution in [-0.4, -0.2) is 17.3 Å². The molecule has 17 heavy (non-hydrogen) atoms. The summed E-state index contributed by atoms with van der Waals surface area (Å²) in [6, 6.07) is 2.03. The van der Waals surface area contributed by atoms with E-state index in [4.69, 9.17) is 0 Å². The smallest absolute Gasteiger partial charge is 0.261 e. The van der Waals surface area contributed by atoms with Crippen LogP contribution in [0.5, 0.6) is 0 Å². The van der Waals surface area contributed by atoms with Crippen LogP contribution in [0.1, 0.15) is 42.4 Å². The van der Waals surface area contributed by atoms with Crippen molar-refractivity contribution in [2.24, 2.45) is 5.92 Å². The molecule has 0 aliphatic heterocycles. The molecule has 1 unspecified atom stereocenters. The lowest BCUT2D eigenvalue weighted by Crippen LogP contribution is -2.30. The monoisotopic (exact) mass is 317 g/mol. The van der Waals surface area contributed by atoms with Crippen molar-refractivity contribution in [3.8, 4) is 0 Å². The second-order valence-electron chi connectivity index (χ2n) is 4.57. The quantitative estimate of drug-likeness (QED) is 0.793. The third kappa shape index (κ3) is 4.80. The van der Waals surface area contributed by atoms with Gasteiger partial charge in [-0.2, -0.15) is 0 Å². The van der Waals surface area contributed by atoms with Crippen molar-refractivity contribution in [3.63, 3.8) is 0 Å². The number of nitrogens with one attached hydrogen (secondary N) is 1. The molecule has 1 rings (SSSR count). The van der Waals surface area contributed by atoms with Crippen LogP contribution in [0.15, 0.2) is 11.4 Å². The first kappa shape index (κ1) is 14.7. The van der Waals surface area contributed by atoms with E-state index in [2.05, 4.69) is 42.0 Å². The number of aryl methyl sites for hydroxylation is 1. The summed E-state index contributed by atoms with van der Waals surface area (Å²) in [5.41, 5.74) is 1.14. The topological polar surface area (TPSA) is 29.1 Å². The van der Waals surface area contributed by atoms with Crippen LogP contribution in [-0.2, 0) is 6.42 Å². The molecule has 0 aliphatic rings. The molecule has 1 amide bonds. The van der Waals surface area contributed by atoms with Gasteiger partial charge in [-0.1, -0.05) is 36.7 Å². The number of hydrogen-bond acceptors (Lipinski definition) is 2. The van der Waals surface area contributed by atoms with Crippen LogP contribution in [0, 0.1) is 5.92 Å². The van der Waals surface area contributed by atoms with Gasteiger partial charge < -0.3 is 5.32 Å². The summed E-state index contributed by atoms with van der Waals surface area (Å²) in [6.07, 6.45) is 1.99. The summed E-state index contributed by atoms with van der Waals surface area (Å²) in [5.74, 6) is 0.703. The van der Waals surface area contributed by atoms with Crippen molar-refractivity contribution in [3.05, 3.63) is 21.9 Å². The summed E-state index contributed by atoms with van der Waals surface area (Å²) in [4.78, 5) is 13.2. The molecule has 1 N–H and O–H groups in total. The highest BCUT2D eigenvalue weighted by Crippen LogP contribution is 2.17. The maximum atomic E-state index is 12.0. The maximum absolute atomic E-state index is 12.0. The van der Waals surface area contributed by atoms with Gasteiger partial charge >= 0.3 is 0 Å². The summed E-state index contributed by atoms with van der Waals surface area (Å²) in [5, 5.41) is 4.97. The van der Waals surface area contributed by atoms with Crippen molar-refractivity contribution < 1.29 is 4.79 Å². The molecule has 0 aromatic carbocycles. The molecule has 1 heterocycles. The van der Waals surface area contributed by atoms with Gasteiger partial charge in [-0.3, -0.25) is 4.79 Å². The van der Waals surface area contributed by atoms with E-state index in [9.17, 15) is 4.79 Å². The first-order valence-electron chi connectivity index (χ1n) is 6.03. The molecule has 1 aromatic heterocycles. The largest absolute Gasteiger partial charge is 0.350 e. The van der Waals surface area contributed by atoms with Crippen LogP contribution in [0.4, 0.5) is 0 Å². The summed E-state index contributed by atoms with van der Waals surface area (Å²) >= 11 is 5.11. The van der Waals surface area contributed by atoms with Gasteiger partial charge in [0.2, 0.25) is 0 Å². The van der Waals surface area contributed by atoms with E-state index in [1.54, 1.807) is 0 Å². The fraction of sp³-hybridized carbons (Fsp3) is 0.615. The Kier molecular flexibility index (Phi) is 6.20. The predicted octanol–water partition coefficient (Wildman–Crippen LogP) is 3.85. The molecule has 1 atom stereocenters. The summed E-state index contributed by atoms with van der Waals surface area (Å²) in [7, 11) is 0. The van der Waals surface area contributed by atoms with Gasteiger partial charge in [-0.15, -0.1) is 11.3 Å². The van der Waals surface area contributed by atoms with Crippen LogP contribution < -0.4 is 5.32 Å². The lowest BCUT2D eigenvalue weighted by molar-refractivity contribution is 0.0956. The van der Waals surface area contributed by atoms with E-state index in [1.165, 1.54) is 11.3 Å². The molecule has 0 aliphatic carbocycles. The first-order chi connectivity index (χ1) is 8.04. The highest BCUT2D eigenvalue weighted by molar-refractivity contribution is 9.09. The van der Waals surface area contributed by atoms with E-state index in [1.807, 2.05) is 11.4 Å². The number of alkyl halides is 1. The minimum Gasteiger partial charge on any atom is -0.350 e. The number of carbonyl (C=O) groups is 1. The molecular weight excluding hydrogens is 298 g/mol. The zero-order valence-electron chi connectivity index (χ0n) is 10.6. The normalized spacial score (nSPS) is 12.8. The van der Waals surface area contributed by atoms with Crippen molar-refractivity contribution in [2.45, 2.75) is 38.4 Å². The van der Waals surface area contributed by atoms with E-state index in [0.717, 1.165) is 23.3 Å². The van der Waals surface area contributed by atoms with Crippen LogP contribution >= 0.6 is 27.3 Å². The molecule has 0 bridgehead atoms. The molecule has 0 spiro atoms. The number of hydrogen-bond donors (Lipinski definition) is 1. The Morgan fingerprint density at radius 2 is 2.24 bits per heavy atom. The molecule has 2 nitrogen and oxygen atoms in total. The van der Waals surface area contributed by atoms with E-state index >= 15 is 0 Å². The van der Waals surface area contributed by atoms with E-state index in [-0.39, 0.29) is 5.91 Å². The number of halogens is 1. The van der Waals surface area contributed by atoms with Crippen LogP contribution in [0.3, 0.4) is 0 Å². The Bertz CT molecular complexity index is 362. The highest BCUT2D eigenvalue weighted by Gasteiger charge is 2.13. The molecule has 4 heteroatoms. The average Bonchev–Trinajstić information content (AvgIpc) is 2.72. The molecule has 1 aromatic rings. The van der Waals surface area contributed by atoms with Crippen molar-refractivity contribution in [1.29, 1.82) is 0 Å². The van der Waals surface area contributed by atoms with Gasteiger partial charge in [0.1, 0.15) is 0 Å². The van der Waals surface area contributed by atoms with Gasteiger partial charge in [-0.25, -0.2) is 0 Å². The Balaban J connectivity index is 2.45. The first-order valence-corrected chi connectivity index (χ1v) is 7.82. The second kappa shape index (κ2) is 7.17. The lowest BCUT2D eigenvalue weighted by atomic mass is 10.1. The summed E-state index contributed by atoms with van der Waals surface area (Å²) < 4.78 is 0. The van der Waals surface area contributed by atoms with Crippen molar-refractivity contribution in [2.75, 3.05) is 6.54 Å². The second-order valence-corrected chi connectivity index (χ2v) is 6.78. The van der Waals surface area contributed by atoms with E-state index < -0.39 is 0 Å². The van der Waals surface area contributed by atoms with Gasteiger partial charge in [-0.05, 0) is 35.8 Å². The Morgan fingerprint density at radius 1 is 1.53 bits per heavy atom. The third-order valence-electron chi connectivity index (χ3n) is 2.55. The predicted molar refractivity (Wildman–Crippen MR) is 78.2 cm³/mol. The van der Waals surface area contributed by atoms with Crippen LogP contribution in [0.25, 0.3) is 0 Å². The van der Waals surface area contributed by atoms with Crippen molar-refractivity contribution >= 4 is 33.2 Å². The molecule has 0 saturated carbocycles. The summed E-state index contributed by atoms with van der Waals surface area (Å²) in [6.45, 7) is 7.14. The van der Waals surface area contributed by atoms with Crippen molar-refractivity contribution in [1.82, 2.24) is 5.32 Å². The van der Waals surface area contributed by atoms with Gasteiger partial charge in [0.25, 0.3) is 5.91 Å². The van der Waals surface area contributed by atoms with Gasteiger partial charge in [0.05, 0.1) is 4.88 Å². The molecule has 0 radical (unpaired) electrons. The van der Waals surface area contributed by atoms with Crippen LogP contribution in [0.2, 0.25) is 0 Å². The minimum atomic E-state index is 0.0602. The Hall–Kier alpha value is -0.350. The minimum absolute atomic E-state index is 0.0602. The highest BCUT2D eigenvalue weighted by atomic mass is 79.9. The molecular formula is C13H20BrNOS. The number of carbonyl (C=O) groups excluding carboxylic acids is 1. The fourth-order valence-corrected chi connectivity index (χ4v) is 3.51. The van der Waals surface area contributed by atoms with E-state index in [0.29, 0.717) is 17.3 Å². The zero-order valence-corrected chi connectivity index (χ0v) is 13.0. The molecule has 96 valence electrons. The number of rotatable bonds is 6. The Labute approximate surface area is 116 Å².